The first-order valence-corrected chi connectivity index (χ1v) is 11.6. The maximum absolute atomic E-state index is 14.6. The molecular formula is C20H20BrFN4O2S. The van der Waals surface area contributed by atoms with Gasteiger partial charge in [-0.15, -0.1) is 10.2 Å². The van der Waals surface area contributed by atoms with Crippen molar-refractivity contribution in [2.75, 3.05) is 4.72 Å². The number of aromatic nitrogens is 3. The van der Waals surface area contributed by atoms with Crippen molar-refractivity contribution in [2.24, 2.45) is 0 Å². The molecule has 1 aliphatic heterocycles. The number of benzene rings is 2. The van der Waals surface area contributed by atoms with Crippen LogP contribution in [0.4, 0.5) is 10.1 Å². The first-order chi connectivity index (χ1) is 13.8. The van der Waals surface area contributed by atoms with E-state index in [-0.39, 0.29) is 16.1 Å². The molecule has 1 aromatic heterocycles. The van der Waals surface area contributed by atoms with Gasteiger partial charge in [0.25, 0.3) is 10.0 Å². The summed E-state index contributed by atoms with van der Waals surface area (Å²) in [5.74, 6) is 0.803. The van der Waals surface area contributed by atoms with Gasteiger partial charge in [-0.3, -0.25) is 4.72 Å². The Morgan fingerprint density at radius 1 is 1.10 bits per heavy atom. The van der Waals surface area contributed by atoms with E-state index in [2.05, 4.69) is 30.8 Å². The largest absolute Gasteiger partial charge is 0.311 e. The zero-order chi connectivity index (χ0) is 20.6. The second-order valence-corrected chi connectivity index (χ2v) is 9.68. The quantitative estimate of drug-likeness (QED) is 0.590. The number of nitrogens with one attached hydrogen (secondary N) is 1. The van der Waals surface area contributed by atoms with E-state index < -0.39 is 15.8 Å². The summed E-state index contributed by atoms with van der Waals surface area (Å²) >= 11 is 3.30. The molecule has 4 rings (SSSR count). The first kappa shape index (κ1) is 20.0. The minimum atomic E-state index is -3.83. The van der Waals surface area contributed by atoms with Crippen molar-refractivity contribution in [1.82, 2.24) is 14.8 Å². The smallest absolute Gasteiger partial charge is 0.262 e. The van der Waals surface area contributed by atoms with Crippen molar-refractivity contribution in [3.8, 4) is 11.4 Å². The molecule has 6 nitrogen and oxygen atoms in total. The fraction of sp³-hybridized carbons (Fsp3) is 0.300. The molecule has 0 amide bonds. The molecule has 9 heteroatoms. The Balaban J connectivity index is 1.71. The van der Waals surface area contributed by atoms with Crippen molar-refractivity contribution >= 4 is 31.6 Å². The highest BCUT2D eigenvalue weighted by Crippen LogP contribution is 2.29. The highest BCUT2D eigenvalue weighted by Gasteiger charge is 2.21. The van der Waals surface area contributed by atoms with Crippen LogP contribution in [0.5, 0.6) is 0 Å². The Bertz CT molecular complexity index is 1180. The lowest BCUT2D eigenvalue weighted by atomic mass is 10.1. The van der Waals surface area contributed by atoms with Crippen LogP contribution in [0.3, 0.4) is 0 Å². The molecule has 2 heterocycles. The van der Waals surface area contributed by atoms with Gasteiger partial charge in [0.15, 0.2) is 5.82 Å². The van der Waals surface area contributed by atoms with Gasteiger partial charge >= 0.3 is 0 Å². The van der Waals surface area contributed by atoms with Crippen LogP contribution in [-0.4, -0.2) is 23.2 Å². The van der Waals surface area contributed by atoms with E-state index in [9.17, 15) is 12.8 Å². The van der Waals surface area contributed by atoms with Crippen LogP contribution in [0.25, 0.3) is 11.4 Å². The average Bonchev–Trinajstić information content (AvgIpc) is 2.92. The van der Waals surface area contributed by atoms with Gasteiger partial charge in [0, 0.05) is 23.1 Å². The molecular weight excluding hydrogens is 459 g/mol. The van der Waals surface area contributed by atoms with Crippen LogP contribution in [-0.2, 0) is 23.0 Å². The normalized spacial score (nSPS) is 14.3. The average molecular weight is 479 g/mol. The number of anilines is 1. The third-order valence-corrected chi connectivity index (χ3v) is 7.03. The lowest BCUT2D eigenvalue weighted by Crippen LogP contribution is -2.14. The minimum absolute atomic E-state index is 0.161. The van der Waals surface area contributed by atoms with E-state index in [1.54, 1.807) is 25.1 Å². The summed E-state index contributed by atoms with van der Waals surface area (Å²) < 4.78 is 45.5. The molecule has 1 N–H and O–H groups in total. The molecule has 0 radical (unpaired) electrons. The van der Waals surface area contributed by atoms with Crippen LogP contribution in [0, 0.1) is 12.7 Å². The van der Waals surface area contributed by atoms with E-state index in [4.69, 9.17) is 0 Å². The van der Waals surface area contributed by atoms with Crippen molar-refractivity contribution in [3.05, 3.63) is 58.1 Å². The highest BCUT2D eigenvalue weighted by molar-refractivity contribution is 9.10. The topological polar surface area (TPSA) is 76.9 Å². The van der Waals surface area contributed by atoms with Crippen LogP contribution < -0.4 is 4.72 Å². The fourth-order valence-electron chi connectivity index (χ4n) is 3.52. The van der Waals surface area contributed by atoms with Gasteiger partial charge in [0.1, 0.15) is 11.6 Å². The number of hydrogen-bond donors (Lipinski definition) is 1. The third-order valence-electron chi connectivity index (χ3n) is 5.01. The summed E-state index contributed by atoms with van der Waals surface area (Å²) in [6.45, 7) is 2.45. The van der Waals surface area contributed by atoms with Crippen LogP contribution in [0.1, 0.15) is 30.7 Å². The third kappa shape index (κ3) is 4.06. The van der Waals surface area contributed by atoms with Gasteiger partial charge in [0.2, 0.25) is 0 Å². The minimum Gasteiger partial charge on any atom is -0.311 e. The lowest BCUT2D eigenvalue weighted by molar-refractivity contribution is 0.600. The molecule has 0 aliphatic carbocycles. The number of aryl methyl sites for hydroxylation is 2. The second kappa shape index (κ2) is 7.87. The van der Waals surface area contributed by atoms with E-state index in [0.717, 1.165) is 38.1 Å². The van der Waals surface area contributed by atoms with Crippen molar-refractivity contribution in [2.45, 2.75) is 44.0 Å². The Morgan fingerprint density at radius 3 is 2.76 bits per heavy atom. The lowest BCUT2D eigenvalue weighted by Gasteiger charge is -2.13. The monoisotopic (exact) mass is 478 g/mol. The number of rotatable bonds is 4. The molecule has 3 aromatic rings. The number of halogens is 2. The maximum atomic E-state index is 14.6. The Morgan fingerprint density at radius 2 is 1.93 bits per heavy atom. The number of hydrogen-bond acceptors (Lipinski definition) is 4. The molecule has 2 aromatic carbocycles. The summed E-state index contributed by atoms with van der Waals surface area (Å²) in [6, 6.07) is 9.17. The van der Waals surface area contributed by atoms with Crippen molar-refractivity contribution < 1.29 is 12.8 Å². The molecule has 0 unspecified atom stereocenters. The molecule has 0 fully saturated rings. The summed E-state index contributed by atoms with van der Waals surface area (Å²) in [7, 11) is -3.83. The molecule has 0 saturated carbocycles. The van der Waals surface area contributed by atoms with Gasteiger partial charge in [-0.1, -0.05) is 28.4 Å². The van der Waals surface area contributed by atoms with E-state index in [1.807, 2.05) is 4.57 Å². The molecule has 152 valence electrons. The molecule has 0 atom stereocenters. The summed E-state index contributed by atoms with van der Waals surface area (Å²) in [5, 5.41) is 8.39. The van der Waals surface area contributed by atoms with Crippen molar-refractivity contribution in [3.63, 3.8) is 0 Å². The van der Waals surface area contributed by atoms with Crippen LogP contribution in [0.2, 0.25) is 0 Å². The van der Waals surface area contributed by atoms with Crippen LogP contribution in [0.15, 0.2) is 45.8 Å². The Hall–Kier alpha value is -2.26. The zero-order valence-corrected chi connectivity index (χ0v) is 18.2. The number of nitrogens with zero attached hydrogens (tertiary/aromatic N) is 3. The van der Waals surface area contributed by atoms with Gasteiger partial charge in [0.05, 0.1) is 10.5 Å². The number of sulfonamides is 1. The first-order valence-electron chi connectivity index (χ1n) is 9.36. The molecule has 0 bridgehead atoms. The van der Waals surface area contributed by atoms with E-state index >= 15 is 0 Å². The second-order valence-electron chi connectivity index (χ2n) is 7.11. The number of fused-ring (bicyclic) bond motifs is 1. The van der Waals surface area contributed by atoms with E-state index in [0.29, 0.717) is 15.9 Å². The summed E-state index contributed by atoms with van der Waals surface area (Å²) in [5.41, 5.74) is 1.12. The van der Waals surface area contributed by atoms with Crippen molar-refractivity contribution in [1.29, 1.82) is 0 Å². The zero-order valence-electron chi connectivity index (χ0n) is 15.8. The predicted molar refractivity (Wildman–Crippen MR) is 113 cm³/mol. The van der Waals surface area contributed by atoms with Gasteiger partial charge in [-0.25, -0.2) is 12.8 Å². The van der Waals surface area contributed by atoms with Gasteiger partial charge in [-0.2, -0.15) is 0 Å². The Labute approximate surface area is 177 Å². The fourth-order valence-corrected chi connectivity index (χ4v) is 5.35. The van der Waals surface area contributed by atoms with E-state index in [1.165, 1.54) is 18.2 Å². The Kier molecular flexibility index (Phi) is 5.44. The standard InChI is InChI=1S/C20H20BrFN4O2S/c1-13-6-7-14(21)11-18(13)29(27,28)25-15-8-9-17(22)16(12-15)20-24-23-19-5-3-2-4-10-26(19)20/h6-9,11-12,25H,2-5,10H2,1H3. The van der Waals surface area contributed by atoms with Crippen LogP contribution >= 0.6 is 15.9 Å². The predicted octanol–water partition coefficient (Wildman–Crippen LogP) is 4.68. The molecule has 0 saturated heterocycles. The van der Waals surface area contributed by atoms with Gasteiger partial charge in [-0.05, 0) is 55.7 Å². The molecule has 1 aliphatic rings. The molecule has 29 heavy (non-hydrogen) atoms. The summed E-state index contributed by atoms with van der Waals surface area (Å²) in [6.07, 6.45) is 3.92. The highest BCUT2D eigenvalue weighted by atomic mass is 79.9. The summed E-state index contributed by atoms with van der Waals surface area (Å²) in [4.78, 5) is 0.161. The van der Waals surface area contributed by atoms with Gasteiger partial charge < -0.3 is 4.57 Å². The molecule has 0 spiro atoms. The SMILES string of the molecule is Cc1ccc(Br)cc1S(=O)(=O)Nc1ccc(F)c(-c2nnc3n2CCCCC3)c1. The maximum Gasteiger partial charge on any atom is 0.262 e.